The van der Waals surface area contributed by atoms with E-state index < -0.39 is 5.54 Å². The van der Waals surface area contributed by atoms with E-state index in [0.29, 0.717) is 0 Å². The minimum absolute atomic E-state index is 0.0455. The first-order valence-corrected chi connectivity index (χ1v) is 7.69. The topological polar surface area (TPSA) is 75.3 Å². The normalized spacial score (nSPS) is 17.5. The zero-order valence-corrected chi connectivity index (χ0v) is 12.7. The SMILES string of the molecule is NC1(CO)CCN(c2ccnc(Cc3ccccc3)n2)CC1. The van der Waals surface area contributed by atoms with Gasteiger partial charge in [0, 0.05) is 31.2 Å². The first-order valence-electron chi connectivity index (χ1n) is 7.69. The number of nitrogens with zero attached hydrogens (tertiary/aromatic N) is 3. The van der Waals surface area contributed by atoms with Crippen molar-refractivity contribution in [3.05, 3.63) is 54.0 Å². The van der Waals surface area contributed by atoms with E-state index in [-0.39, 0.29) is 6.61 Å². The van der Waals surface area contributed by atoms with E-state index >= 15 is 0 Å². The number of aliphatic hydroxyl groups is 1. The largest absolute Gasteiger partial charge is 0.394 e. The van der Waals surface area contributed by atoms with Gasteiger partial charge in [-0.15, -0.1) is 0 Å². The third kappa shape index (κ3) is 3.43. The van der Waals surface area contributed by atoms with Gasteiger partial charge in [-0.25, -0.2) is 9.97 Å². The molecule has 1 aromatic heterocycles. The van der Waals surface area contributed by atoms with E-state index in [9.17, 15) is 5.11 Å². The minimum Gasteiger partial charge on any atom is -0.394 e. The molecule has 3 rings (SSSR count). The van der Waals surface area contributed by atoms with Crippen molar-refractivity contribution >= 4 is 5.82 Å². The molecule has 1 fully saturated rings. The number of aromatic nitrogens is 2. The number of nitrogens with two attached hydrogens (primary N) is 1. The summed E-state index contributed by atoms with van der Waals surface area (Å²) >= 11 is 0. The molecule has 5 heteroatoms. The van der Waals surface area contributed by atoms with E-state index in [1.807, 2.05) is 30.5 Å². The average Bonchev–Trinajstić information content (AvgIpc) is 2.57. The highest BCUT2D eigenvalue weighted by molar-refractivity contribution is 5.39. The first kappa shape index (κ1) is 14.9. The van der Waals surface area contributed by atoms with E-state index in [1.165, 1.54) is 5.56 Å². The zero-order valence-electron chi connectivity index (χ0n) is 12.7. The van der Waals surface area contributed by atoms with Gasteiger partial charge in [-0.1, -0.05) is 30.3 Å². The number of hydrogen-bond donors (Lipinski definition) is 2. The molecular weight excluding hydrogens is 276 g/mol. The summed E-state index contributed by atoms with van der Waals surface area (Å²) in [6.07, 6.45) is 4.11. The van der Waals surface area contributed by atoms with Crippen molar-refractivity contribution in [3.63, 3.8) is 0 Å². The molecule has 2 heterocycles. The Balaban J connectivity index is 1.69. The van der Waals surface area contributed by atoms with Gasteiger partial charge in [0.1, 0.15) is 11.6 Å². The van der Waals surface area contributed by atoms with Gasteiger partial charge in [-0.2, -0.15) is 0 Å². The lowest BCUT2D eigenvalue weighted by Crippen LogP contribution is -2.53. The molecule has 2 aromatic rings. The number of rotatable bonds is 4. The number of piperidine rings is 1. The molecule has 0 aliphatic carbocycles. The van der Waals surface area contributed by atoms with Gasteiger partial charge >= 0.3 is 0 Å². The van der Waals surface area contributed by atoms with Gasteiger partial charge in [0.25, 0.3) is 0 Å². The monoisotopic (exact) mass is 298 g/mol. The van der Waals surface area contributed by atoms with Crippen LogP contribution in [0.3, 0.4) is 0 Å². The van der Waals surface area contributed by atoms with E-state index in [4.69, 9.17) is 5.73 Å². The van der Waals surface area contributed by atoms with Gasteiger partial charge in [0.05, 0.1) is 6.61 Å². The highest BCUT2D eigenvalue weighted by Gasteiger charge is 2.30. The summed E-state index contributed by atoms with van der Waals surface area (Å²) in [6, 6.07) is 12.2. The fourth-order valence-corrected chi connectivity index (χ4v) is 2.77. The summed E-state index contributed by atoms with van der Waals surface area (Å²) < 4.78 is 0. The molecule has 0 amide bonds. The van der Waals surface area contributed by atoms with Gasteiger partial charge in [-0.3, -0.25) is 0 Å². The molecule has 1 aliphatic heterocycles. The number of benzene rings is 1. The Morgan fingerprint density at radius 1 is 1.14 bits per heavy atom. The highest BCUT2D eigenvalue weighted by atomic mass is 16.3. The molecule has 1 aromatic carbocycles. The highest BCUT2D eigenvalue weighted by Crippen LogP contribution is 2.23. The third-order valence-corrected chi connectivity index (χ3v) is 4.29. The zero-order chi connectivity index (χ0) is 15.4. The molecule has 0 spiro atoms. The molecule has 1 saturated heterocycles. The molecule has 0 bridgehead atoms. The summed E-state index contributed by atoms with van der Waals surface area (Å²) in [4.78, 5) is 11.3. The van der Waals surface area contributed by atoms with Crippen LogP contribution in [0, 0.1) is 0 Å². The van der Waals surface area contributed by atoms with Crippen LogP contribution in [0.15, 0.2) is 42.6 Å². The van der Waals surface area contributed by atoms with Crippen LogP contribution in [0.4, 0.5) is 5.82 Å². The maximum absolute atomic E-state index is 9.35. The van der Waals surface area contributed by atoms with Gasteiger partial charge in [0.2, 0.25) is 0 Å². The molecule has 5 nitrogen and oxygen atoms in total. The second kappa shape index (κ2) is 6.42. The van der Waals surface area contributed by atoms with Crippen LogP contribution in [0.2, 0.25) is 0 Å². The average molecular weight is 298 g/mol. The Morgan fingerprint density at radius 2 is 1.86 bits per heavy atom. The smallest absolute Gasteiger partial charge is 0.135 e. The standard InChI is InChI=1S/C17H22N4O/c18-17(13-22)7-10-21(11-8-17)16-6-9-19-15(20-16)12-14-4-2-1-3-5-14/h1-6,9,22H,7-8,10-13,18H2. The van der Waals surface area contributed by atoms with Crippen LogP contribution in [0.5, 0.6) is 0 Å². The fourth-order valence-electron chi connectivity index (χ4n) is 2.77. The Hall–Kier alpha value is -1.98. The van der Waals surface area contributed by atoms with E-state index in [1.54, 1.807) is 0 Å². The Bertz CT molecular complexity index is 609. The van der Waals surface area contributed by atoms with E-state index in [2.05, 4.69) is 27.0 Å². The van der Waals surface area contributed by atoms with Crippen molar-refractivity contribution in [1.29, 1.82) is 0 Å². The van der Waals surface area contributed by atoms with Crippen molar-refractivity contribution in [1.82, 2.24) is 9.97 Å². The fraction of sp³-hybridized carbons (Fsp3) is 0.412. The van der Waals surface area contributed by atoms with Crippen molar-refractivity contribution in [2.45, 2.75) is 24.8 Å². The van der Waals surface area contributed by atoms with Crippen LogP contribution < -0.4 is 10.6 Å². The van der Waals surface area contributed by atoms with Crippen LogP contribution >= 0.6 is 0 Å². The Morgan fingerprint density at radius 3 is 2.55 bits per heavy atom. The summed E-state index contributed by atoms with van der Waals surface area (Å²) in [5, 5.41) is 9.35. The van der Waals surface area contributed by atoms with Crippen molar-refractivity contribution in [3.8, 4) is 0 Å². The van der Waals surface area contributed by atoms with Gasteiger partial charge in [0.15, 0.2) is 0 Å². The maximum Gasteiger partial charge on any atom is 0.135 e. The van der Waals surface area contributed by atoms with Gasteiger partial charge < -0.3 is 15.7 Å². The number of anilines is 1. The van der Waals surface area contributed by atoms with Gasteiger partial charge in [-0.05, 0) is 24.5 Å². The molecule has 116 valence electrons. The lowest BCUT2D eigenvalue weighted by molar-refractivity contribution is 0.170. The summed E-state index contributed by atoms with van der Waals surface area (Å²) in [7, 11) is 0. The molecule has 0 saturated carbocycles. The number of hydrogen-bond acceptors (Lipinski definition) is 5. The summed E-state index contributed by atoms with van der Waals surface area (Å²) in [5.74, 6) is 1.77. The molecule has 0 radical (unpaired) electrons. The van der Waals surface area contributed by atoms with Crippen LogP contribution in [0.1, 0.15) is 24.2 Å². The van der Waals surface area contributed by atoms with Crippen molar-refractivity contribution in [2.75, 3.05) is 24.6 Å². The number of aliphatic hydroxyl groups excluding tert-OH is 1. The lowest BCUT2D eigenvalue weighted by Gasteiger charge is -2.38. The van der Waals surface area contributed by atoms with Crippen molar-refractivity contribution < 1.29 is 5.11 Å². The van der Waals surface area contributed by atoms with Crippen LogP contribution in [0.25, 0.3) is 0 Å². The lowest BCUT2D eigenvalue weighted by atomic mass is 9.89. The minimum atomic E-state index is -0.434. The predicted octanol–water partition coefficient (Wildman–Crippen LogP) is 1.36. The summed E-state index contributed by atoms with van der Waals surface area (Å²) in [5.41, 5.74) is 6.90. The molecule has 1 aliphatic rings. The summed E-state index contributed by atoms with van der Waals surface area (Å²) in [6.45, 7) is 1.68. The predicted molar refractivity (Wildman–Crippen MR) is 86.7 cm³/mol. The Labute approximate surface area is 130 Å². The van der Waals surface area contributed by atoms with Crippen LogP contribution in [-0.4, -0.2) is 40.3 Å². The Kier molecular flexibility index (Phi) is 4.36. The second-order valence-corrected chi connectivity index (χ2v) is 6.00. The first-order chi connectivity index (χ1) is 10.7. The van der Waals surface area contributed by atoms with Crippen LogP contribution in [-0.2, 0) is 6.42 Å². The van der Waals surface area contributed by atoms with E-state index in [0.717, 1.165) is 44.0 Å². The molecule has 22 heavy (non-hydrogen) atoms. The quantitative estimate of drug-likeness (QED) is 0.891. The molecular formula is C17H22N4O. The molecule has 0 atom stereocenters. The second-order valence-electron chi connectivity index (χ2n) is 6.00. The molecule has 3 N–H and O–H groups in total. The van der Waals surface area contributed by atoms with Crippen molar-refractivity contribution in [2.24, 2.45) is 5.73 Å². The maximum atomic E-state index is 9.35. The third-order valence-electron chi connectivity index (χ3n) is 4.29. The molecule has 0 unspecified atom stereocenters.